The van der Waals surface area contributed by atoms with Crippen LogP contribution in [0, 0.1) is 0 Å². The van der Waals surface area contributed by atoms with E-state index in [9.17, 15) is 9.59 Å². The summed E-state index contributed by atoms with van der Waals surface area (Å²) in [6.07, 6.45) is 6.94. The Morgan fingerprint density at radius 3 is 1.12 bits per heavy atom. The van der Waals surface area contributed by atoms with Gasteiger partial charge in [-0.1, -0.05) is 0 Å². The topological polar surface area (TPSA) is 74.6 Å². The highest BCUT2D eigenvalue weighted by atomic mass is 31.2. The minimum absolute atomic E-state index is 0.420. The van der Waals surface area contributed by atoms with Crippen LogP contribution in [0.2, 0.25) is 0 Å². The van der Waals surface area contributed by atoms with Gasteiger partial charge in [0.2, 0.25) is 0 Å². The number of rotatable bonds is 6. The first-order chi connectivity index (χ1) is 7.87. The summed E-state index contributed by atoms with van der Waals surface area (Å²) < 4.78 is 0. The summed E-state index contributed by atoms with van der Waals surface area (Å²) >= 11 is 0. The molecule has 0 heterocycles. The first-order valence-corrected chi connectivity index (χ1v) is 8.39. The monoisotopic (exact) mass is 263 g/mol. The van der Waals surface area contributed by atoms with Gasteiger partial charge in [0.05, 0.1) is 24.6 Å². The van der Waals surface area contributed by atoms with Crippen LogP contribution < -0.4 is 0 Å². The van der Waals surface area contributed by atoms with Gasteiger partial charge in [0.15, 0.2) is 0 Å². The summed E-state index contributed by atoms with van der Waals surface area (Å²) in [4.78, 5) is 19.1. The van der Waals surface area contributed by atoms with Crippen molar-refractivity contribution in [1.29, 1.82) is 0 Å². The first kappa shape index (κ1) is 18.5. The molecule has 0 aliphatic carbocycles. The molecule has 0 unspecified atom stereocenters. The molecule has 0 saturated heterocycles. The van der Waals surface area contributed by atoms with E-state index in [0.29, 0.717) is 12.2 Å². The molecule has 0 aromatic rings. The fourth-order valence-electron chi connectivity index (χ4n) is 1.48. The summed E-state index contributed by atoms with van der Waals surface area (Å²) in [5.41, 5.74) is 0. The SMILES string of the molecule is CC[P+](CC)(CC)CC.O=C(O)/C=C/C(=O)O. The third kappa shape index (κ3) is 10.0. The lowest BCUT2D eigenvalue weighted by Gasteiger charge is -2.20. The molecule has 0 aliphatic rings. The predicted octanol–water partition coefficient (Wildman–Crippen LogP) is 2.80. The number of aliphatic carboxylic acids is 2. The zero-order chi connectivity index (χ0) is 13.9. The Labute approximate surface area is 104 Å². The highest BCUT2D eigenvalue weighted by Gasteiger charge is 2.27. The van der Waals surface area contributed by atoms with E-state index >= 15 is 0 Å². The number of hydrogen-bond acceptors (Lipinski definition) is 2. The highest BCUT2D eigenvalue weighted by molar-refractivity contribution is 7.75. The van der Waals surface area contributed by atoms with Gasteiger partial charge in [-0.05, 0) is 27.7 Å². The molecule has 0 bridgehead atoms. The maximum Gasteiger partial charge on any atom is 0.328 e. The van der Waals surface area contributed by atoms with Gasteiger partial charge in [-0.3, -0.25) is 0 Å². The Morgan fingerprint density at radius 2 is 1.06 bits per heavy atom. The van der Waals surface area contributed by atoms with Gasteiger partial charge in [-0.25, -0.2) is 9.59 Å². The molecule has 0 radical (unpaired) electrons. The molecule has 5 heteroatoms. The lowest BCUT2D eigenvalue weighted by molar-refractivity contribution is -0.134. The van der Waals surface area contributed by atoms with Gasteiger partial charge >= 0.3 is 11.9 Å². The van der Waals surface area contributed by atoms with Crippen LogP contribution in [0.4, 0.5) is 0 Å². The van der Waals surface area contributed by atoms with E-state index in [0.717, 1.165) is 0 Å². The van der Waals surface area contributed by atoms with Crippen LogP contribution in [0.3, 0.4) is 0 Å². The average Bonchev–Trinajstić information content (AvgIpc) is 2.31. The Hall–Kier alpha value is -0.890. The number of carboxylic acid groups (broad SMARTS) is 2. The number of hydrogen-bond donors (Lipinski definition) is 2. The Kier molecular flexibility index (Phi) is 11.2. The molecule has 0 spiro atoms. The van der Waals surface area contributed by atoms with Crippen LogP contribution in [0.15, 0.2) is 12.2 Å². The van der Waals surface area contributed by atoms with Gasteiger partial charge in [-0.15, -0.1) is 0 Å². The largest absolute Gasteiger partial charge is 0.478 e. The molecule has 0 aliphatic heterocycles. The average molecular weight is 263 g/mol. The second-order valence-electron chi connectivity index (χ2n) is 3.62. The van der Waals surface area contributed by atoms with E-state index in [1.807, 2.05) is 0 Å². The van der Waals surface area contributed by atoms with Crippen LogP contribution in [-0.2, 0) is 9.59 Å². The van der Waals surface area contributed by atoms with E-state index in [-0.39, 0.29) is 0 Å². The summed E-state index contributed by atoms with van der Waals surface area (Å²) in [6.45, 7) is 9.41. The highest BCUT2D eigenvalue weighted by Crippen LogP contribution is 2.57. The summed E-state index contributed by atoms with van der Waals surface area (Å²) in [7, 11) is -0.420. The number of carboxylic acids is 2. The van der Waals surface area contributed by atoms with Gasteiger partial charge in [0.25, 0.3) is 0 Å². The van der Waals surface area contributed by atoms with Crippen molar-refractivity contribution in [1.82, 2.24) is 0 Å². The molecule has 0 amide bonds. The van der Waals surface area contributed by atoms with Crippen molar-refractivity contribution < 1.29 is 19.8 Å². The molecule has 0 aromatic carbocycles. The third-order valence-corrected chi connectivity index (χ3v) is 8.42. The molecule has 0 aromatic heterocycles. The van der Waals surface area contributed by atoms with Crippen molar-refractivity contribution in [3.8, 4) is 0 Å². The maximum absolute atomic E-state index is 9.55. The predicted molar refractivity (Wildman–Crippen MR) is 73.5 cm³/mol. The van der Waals surface area contributed by atoms with Crippen molar-refractivity contribution in [2.75, 3.05) is 24.6 Å². The number of carbonyl (C=O) groups is 2. The van der Waals surface area contributed by atoms with E-state index in [2.05, 4.69) is 27.7 Å². The molecule has 0 atom stereocenters. The fourth-order valence-corrected chi connectivity index (χ4v) is 4.17. The van der Waals surface area contributed by atoms with Crippen LogP contribution in [-0.4, -0.2) is 46.8 Å². The first-order valence-electron chi connectivity index (χ1n) is 5.86. The van der Waals surface area contributed by atoms with Crippen LogP contribution in [0.5, 0.6) is 0 Å². The fraction of sp³-hybridized carbons (Fsp3) is 0.667. The zero-order valence-corrected chi connectivity index (χ0v) is 12.0. The Bertz CT molecular complexity index is 224. The van der Waals surface area contributed by atoms with Crippen molar-refractivity contribution >= 4 is 19.2 Å². The van der Waals surface area contributed by atoms with Gasteiger partial charge < -0.3 is 10.2 Å². The summed E-state index contributed by atoms with van der Waals surface area (Å²) in [5, 5.41) is 15.6. The third-order valence-electron chi connectivity index (χ3n) is 3.05. The molecule has 2 N–H and O–H groups in total. The van der Waals surface area contributed by atoms with Crippen molar-refractivity contribution in [3.63, 3.8) is 0 Å². The van der Waals surface area contributed by atoms with E-state index in [1.165, 1.54) is 24.6 Å². The van der Waals surface area contributed by atoms with E-state index < -0.39 is 19.2 Å². The quantitative estimate of drug-likeness (QED) is 0.570. The second-order valence-corrected chi connectivity index (χ2v) is 8.83. The lowest BCUT2D eigenvalue weighted by Crippen LogP contribution is -2.04. The van der Waals surface area contributed by atoms with Gasteiger partial charge in [-0.2, -0.15) is 0 Å². The molecule has 100 valence electrons. The van der Waals surface area contributed by atoms with E-state index in [1.54, 1.807) is 0 Å². The minimum atomic E-state index is -1.26. The van der Waals surface area contributed by atoms with Crippen LogP contribution in [0.25, 0.3) is 0 Å². The van der Waals surface area contributed by atoms with Crippen molar-refractivity contribution in [2.24, 2.45) is 0 Å². The molecular formula is C12H24O4P+. The minimum Gasteiger partial charge on any atom is -0.478 e. The second kappa shape index (κ2) is 10.3. The molecule has 17 heavy (non-hydrogen) atoms. The van der Waals surface area contributed by atoms with Gasteiger partial charge in [0.1, 0.15) is 0 Å². The lowest BCUT2D eigenvalue weighted by atomic mass is 10.5. The normalized spacial score (nSPS) is 10.8. The van der Waals surface area contributed by atoms with Crippen LogP contribution in [0.1, 0.15) is 27.7 Å². The smallest absolute Gasteiger partial charge is 0.328 e. The van der Waals surface area contributed by atoms with Crippen LogP contribution >= 0.6 is 7.26 Å². The summed E-state index contributed by atoms with van der Waals surface area (Å²) in [5.74, 6) is -2.51. The molecule has 0 fully saturated rings. The molecular weight excluding hydrogens is 239 g/mol. The zero-order valence-electron chi connectivity index (χ0n) is 11.1. The van der Waals surface area contributed by atoms with Crippen molar-refractivity contribution in [2.45, 2.75) is 27.7 Å². The van der Waals surface area contributed by atoms with Crippen molar-refractivity contribution in [3.05, 3.63) is 12.2 Å². The summed E-state index contributed by atoms with van der Waals surface area (Å²) in [6, 6.07) is 0. The molecule has 4 nitrogen and oxygen atoms in total. The standard InChI is InChI=1S/C8H20P.C4H4O4/c1-5-9(6-2,7-3)8-4;5-3(6)1-2-4(7)8/h5-8H2,1-4H3;1-2H,(H,5,6)(H,7,8)/q+1;/b;2-1+. The van der Waals surface area contributed by atoms with Gasteiger partial charge in [0, 0.05) is 19.4 Å². The molecule has 0 saturated carbocycles. The molecule has 0 rings (SSSR count). The van der Waals surface area contributed by atoms with E-state index in [4.69, 9.17) is 10.2 Å². The Morgan fingerprint density at radius 1 is 0.824 bits per heavy atom. The maximum atomic E-state index is 9.55. The Balaban J connectivity index is 0.